The molecule has 0 atom stereocenters. The van der Waals surface area contributed by atoms with Gasteiger partial charge in [-0.1, -0.05) is 6.92 Å². The van der Waals surface area contributed by atoms with E-state index in [9.17, 15) is 13.2 Å². The SMILES string of the molecule is CCCC(=O)NCCS(=O)(=O)N1CCN(c2ccc(OC)cc2)CC1. The number of carbonyl (C=O) groups excluding carboxylic acids is 1. The van der Waals surface area contributed by atoms with Gasteiger partial charge in [-0.2, -0.15) is 4.31 Å². The van der Waals surface area contributed by atoms with Crippen LogP contribution in [-0.2, 0) is 14.8 Å². The van der Waals surface area contributed by atoms with Gasteiger partial charge in [0.2, 0.25) is 15.9 Å². The van der Waals surface area contributed by atoms with Gasteiger partial charge < -0.3 is 15.0 Å². The van der Waals surface area contributed by atoms with Crippen molar-refractivity contribution in [2.45, 2.75) is 19.8 Å². The molecule has 140 valence electrons. The number of hydrogen-bond donors (Lipinski definition) is 1. The molecule has 0 bridgehead atoms. The molecule has 1 fully saturated rings. The van der Waals surface area contributed by atoms with Crippen molar-refractivity contribution in [3.63, 3.8) is 0 Å². The summed E-state index contributed by atoms with van der Waals surface area (Å²) < 4.78 is 31.4. The molecule has 1 aliphatic rings. The number of piperazine rings is 1. The van der Waals surface area contributed by atoms with Crippen LogP contribution in [0.5, 0.6) is 5.75 Å². The number of benzene rings is 1. The Balaban J connectivity index is 1.82. The van der Waals surface area contributed by atoms with E-state index in [0.29, 0.717) is 32.6 Å². The summed E-state index contributed by atoms with van der Waals surface area (Å²) in [5.41, 5.74) is 1.06. The number of rotatable bonds is 8. The average Bonchev–Trinajstić information content (AvgIpc) is 2.62. The largest absolute Gasteiger partial charge is 0.497 e. The third-order valence-corrected chi connectivity index (χ3v) is 6.10. The van der Waals surface area contributed by atoms with Crippen LogP contribution in [0.1, 0.15) is 19.8 Å². The summed E-state index contributed by atoms with van der Waals surface area (Å²) >= 11 is 0. The lowest BCUT2D eigenvalue weighted by atomic mass is 10.2. The molecule has 0 saturated carbocycles. The zero-order valence-electron chi connectivity index (χ0n) is 14.9. The van der Waals surface area contributed by atoms with Gasteiger partial charge in [-0.3, -0.25) is 4.79 Å². The molecule has 1 aliphatic heterocycles. The van der Waals surface area contributed by atoms with Crippen LogP contribution in [-0.4, -0.2) is 64.2 Å². The van der Waals surface area contributed by atoms with Gasteiger partial charge in [0, 0.05) is 44.8 Å². The van der Waals surface area contributed by atoms with Crippen molar-refractivity contribution in [1.29, 1.82) is 0 Å². The summed E-state index contributed by atoms with van der Waals surface area (Å²) in [5.74, 6) is 0.655. The molecular weight excluding hydrogens is 342 g/mol. The first kappa shape index (κ1) is 19.5. The number of carbonyl (C=O) groups is 1. The smallest absolute Gasteiger partial charge is 0.220 e. The maximum atomic E-state index is 12.4. The van der Waals surface area contributed by atoms with Crippen LogP contribution in [0, 0.1) is 0 Å². The fraction of sp³-hybridized carbons (Fsp3) is 0.588. The number of amides is 1. The molecule has 1 N–H and O–H groups in total. The molecule has 1 aromatic rings. The van der Waals surface area contributed by atoms with Crippen LogP contribution >= 0.6 is 0 Å². The first-order chi connectivity index (χ1) is 12.0. The predicted octanol–water partition coefficient (Wildman–Crippen LogP) is 1.06. The standard InChI is InChI=1S/C17H27N3O4S/c1-3-4-17(21)18-9-14-25(22,23)20-12-10-19(11-13-20)15-5-7-16(24-2)8-6-15/h5-8H,3-4,9-14H2,1-2H3,(H,18,21). The Morgan fingerprint density at radius 3 is 2.36 bits per heavy atom. The van der Waals surface area contributed by atoms with Crippen LogP contribution in [0.4, 0.5) is 5.69 Å². The Kier molecular flexibility index (Phi) is 7.07. The van der Waals surface area contributed by atoms with Crippen LogP contribution in [0.15, 0.2) is 24.3 Å². The third-order valence-electron chi connectivity index (χ3n) is 4.23. The van der Waals surface area contributed by atoms with Crippen molar-refractivity contribution in [3.8, 4) is 5.75 Å². The number of anilines is 1. The maximum absolute atomic E-state index is 12.4. The highest BCUT2D eigenvalue weighted by Gasteiger charge is 2.26. The van der Waals surface area contributed by atoms with E-state index in [4.69, 9.17) is 4.74 Å². The van der Waals surface area contributed by atoms with E-state index in [2.05, 4.69) is 10.2 Å². The highest BCUT2D eigenvalue weighted by Crippen LogP contribution is 2.21. The van der Waals surface area contributed by atoms with E-state index in [0.717, 1.165) is 17.9 Å². The number of nitrogens with zero attached hydrogens (tertiary/aromatic N) is 2. The molecule has 2 rings (SSSR count). The van der Waals surface area contributed by atoms with Crippen LogP contribution in [0.25, 0.3) is 0 Å². The number of sulfonamides is 1. The minimum Gasteiger partial charge on any atom is -0.497 e. The van der Waals surface area contributed by atoms with Crippen LogP contribution in [0.2, 0.25) is 0 Å². The van der Waals surface area contributed by atoms with E-state index in [-0.39, 0.29) is 18.2 Å². The van der Waals surface area contributed by atoms with Crippen LogP contribution < -0.4 is 15.0 Å². The molecule has 1 saturated heterocycles. The number of hydrogen-bond acceptors (Lipinski definition) is 5. The number of nitrogens with one attached hydrogen (secondary N) is 1. The second kappa shape index (κ2) is 9.05. The fourth-order valence-corrected chi connectivity index (χ4v) is 4.12. The molecule has 0 spiro atoms. The lowest BCUT2D eigenvalue weighted by molar-refractivity contribution is -0.120. The summed E-state index contributed by atoms with van der Waals surface area (Å²) in [5, 5.41) is 2.66. The molecule has 0 aromatic heterocycles. The Hall–Kier alpha value is -1.80. The van der Waals surface area contributed by atoms with Gasteiger partial charge in [-0.25, -0.2) is 8.42 Å². The van der Waals surface area contributed by atoms with E-state index < -0.39 is 10.0 Å². The Morgan fingerprint density at radius 1 is 1.16 bits per heavy atom. The van der Waals surface area contributed by atoms with Crippen molar-refractivity contribution >= 4 is 21.6 Å². The molecular formula is C17H27N3O4S. The van der Waals surface area contributed by atoms with Crippen LogP contribution in [0.3, 0.4) is 0 Å². The lowest BCUT2D eigenvalue weighted by Crippen LogP contribution is -2.50. The summed E-state index contributed by atoms with van der Waals surface area (Å²) in [6, 6.07) is 7.76. The van der Waals surface area contributed by atoms with E-state index >= 15 is 0 Å². The van der Waals surface area contributed by atoms with Gasteiger partial charge in [-0.05, 0) is 30.7 Å². The van der Waals surface area contributed by atoms with Crippen molar-refractivity contribution in [2.75, 3.05) is 50.5 Å². The first-order valence-corrected chi connectivity index (χ1v) is 10.2. The molecule has 0 radical (unpaired) electrons. The van der Waals surface area contributed by atoms with Crippen molar-refractivity contribution in [3.05, 3.63) is 24.3 Å². The van der Waals surface area contributed by atoms with Crippen molar-refractivity contribution in [2.24, 2.45) is 0 Å². The molecule has 1 amide bonds. The van der Waals surface area contributed by atoms with E-state index in [1.165, 1.54) is 4.31 Å². The Morgan fingerprint density at radius 2 is 1.80 bits per heavy atom. The van der Waals surface area contributed by atoms with Gasteiger partial charge in [0.25, 0.3) is 0 Å². The lowest BCUT2D eigenvalue weighted by Gasteiger charge is -2.35. The van der Waals surface area contributed by atoms with Gasteiger partial charge in [0.05, 0.1) is 12.9 Å². The van der Waals surface area contributed by atoms with E-state index in [1.54, 1.807) is 7.11 Å². The quantitative estimate of drug-likeness (QED) is 0.741. The topological polar surface area (TPSA) is 79.0 Å². The first-order valence-electron chi connectivity index (χ1n) is 8.60. The summed E-state index contributed by atoms with van der Waals surface area (Å²) in [6.07, 6.45) is 1.19. The molecule has 8 heteroatoms. The van der Waals surface area contributed by atoms with E-state index in [1.807, 2.05) is 31.2 Å². The highest BCUT2D eigenvalue weighted by molar-refractivity contribution is 7.89. The third kappa shape index (κ3) is 5.61. The Bertz CT molecular complexity index is 653. The molecule has 0 aliphatic carbocycles. The van der Waals surface area contributed by atoms with Crippen molar-refractivity contribution < 1.29 is 17.9 Å². The number of ether oxygens (including phenoxy) is 1. The fourth-order valence-electron chi connectivity index (χ4n) is 2.78. The summed E-state index contributed by atoms with van der Waals surface area (Å²) in [4.78, 5) is 13.6. The summed E-state index contributed by atoms with van der Waals surface area (Å²) in [7, 11) is -1.71. The molecule has 25 heavy (non-hydrogen) atoms. The normalized spacial score (nSPS) is 15.8. The average molecular weight is 369 g/mol. The van der Waals surface area contributed by atoms with Gasteiger partial charge in [0.15, 0.2) is 0 Å². The monoisotopic (exact) mass is 369 g/mol. The van der Waals surface area contributed by atoms with Crippen molar-refractivity contribution in [1.82, 2.24) is 9.62 Å². The minimum atomic E-state index is -3.34. The minimum absolute atomic E-state index is 0.0506. The molecule has 7 nitrogen and oxygen atoms in total. The molecule has 0 unspecified atom stereocenters. The second-order valence-corrected chi connectivity index (χ2v) is 8.09. The number of methoxy groups -OCH3 is 1. The predicted molar refractivity (Wildman–Crippen MR) is 98.5 cm³/mol. The maximum Gasteiger partial charge on any atom is 0.220 e. The highest BCUT2D eigenvalue weighted by atomic mass is 32.2. The second-order valence-electron chi connectivity index (χ2n) is 6.00. The Labute approximate surface area is 150 Å². The zero-order valence-corrected chi connectivity index (χ0v) is 15.7. The van der Waals surface area contributed by atoms with Gasteiger partial charge in [-0.15, -0.1) is 0 Å². The van der Waals surface area contributed by atoms with Gasteiger partial charge >= 0.3 is 0 Å². The molecule has 1 heterocycles. The van der Waals surface area contributed by atoms with Gasteiger partial charge in [0.1, 0.15) is 5.75 Å². The summed E-state index contributed by atoms with van der Waals surface area (Å²) in [6.45, 7) is 4.29. The zero-order chi connectivity index (χ0) is 18.3. The molecule has 1 aromatic carbocycles.